The van der Waals surface area contributed by atoms with E-state index in [1.165, 1.54) is 77.4 Å². The molecule has 0 saturated carbocycles. The number of nitro groups is 2. The van der Waals surface area contributed by atoms with Crippen molar-refractivity contribution in [2.24, 2.45) is 0 Å². The largest absolute Gasteiger partial charge is 0.304 e. The third kappa shape index (κ3) is 4.80. The molecule has 0 amide bonds. The lowest BCUT2D eigenvalue weighted by Crippen LogP contribution is -2.31. The number of Topliss-reactive ketones (excluding diaryl/α,β-unsaturated/α-hetero) is 1. The molecular weight excluding hydrogens is 480 g/mol. The monoisotopic (exact) mass is 500 g/mol. The van der Waals surface area contributed by atoms with E-state index in [4.69, 9.17) is 0 Å². The lowest BCUT2D eigenvalue weighted by atomic mass is 10.0. The highest BCUT2D eigenvalue weighted by Crippen LogP contribution is 2.39. The maximum atomic E-state index is 13.8. The Morgan fingerprint density at radius 3 is 1.95 bits per heavy atom. The van der Waals surface area contributed by atoms with Crippen molar-refractivity contribution in [3.8, 4) is 11.3 Å². The third-order valence-corrected chi connectivity index (χ3v) is 5.56. The summed E-state index contributed by atoms with van der Waals surface area (Å²) in [5, 5.41) is 27.5. The van der Waals surface area contributed by atoms with E-state index in [0.717, 1.165) is 0 Å². The minimum atomic E-state index is -0.650. The number of nitrogens with zero attached hydrogens (tertiary/aromatic N) is 6. The number of hydrogen-bond donors (Lipinski definition) is 0. The van der Waals surface area contributed by atoms with Gasteiger partial charge in [-0.2, -0.15) is 5.10 Å². The predicted molar refractivity (Wildman–Crippen MR) is 135 cm³/mol. The molecule has 186 valence electrons. The topological polar surface area (TPSA) is 154 Å². The molecule has 12 heteroatoms. The van der Waals surface area contributed by atoms with Crippen LogP contribution in [0.5, 0.6) is 0 Å². The first kappa shape index (κ1) is 24.9. The number of aryl methyl sites for hydroxylation is 1. The van der Waals surface area contributed by atoms with E-state index >= 15 is 0 Å². The molecule has 0 unspecified atom stereocenters. The third-order valence-electron chi connectivity index (χ3n) is 5.56. The molecule has 0 aliphatic carbocycles. The van der Waals surface area contributed by atoms with Crippen LogP contribution < -0.4 is 10.5 Å². The molecule has 2 aromatic heterocycles. The Kier molecular flexibility index (Phi) is 6.82. The van der Waals surface area contributed by atoms with Crippen LogP contribution in [0, 0.1) is 20.2 Å². The van der Waals surface area contributed by atoms with Crippen LogP contribution in [0.4, 0.5) is 28.4 Å². The predicted octanol–water partition coefficient (Wildman–Crippen LogP) is 4.81. The summed E-state index contributed by atoms with van der Waals surface area (Å²) in [5.74, 6) is -0.490. The summed E-state index contributed by atoms with van der Waals surface area (Å²) in [7, 11) is 0. The summed E-state index contributed by atoms with van der Waals surface area (Å²) in [5.41, 5.74) is -0.339. The summed E-state index contributed by atoms with van der Waals surface area (Å²) >= 11 is 0. The SMILES string of the molecule is CCn1nc(-c2ccncc2)c(C(C)=O)c(N(c2cccc([N+](=O)[O-])c2)c2cccc([N+](=O)[O-])c2)c1=O. The van der Waals surface area contributed by atoms with Gasteiger partial charge < -0.3 is 4.90 Å². The average Bonchev–Trinajstić information content (AvgIpc) is 2.90. The van der Waals surface area contributed by atoms with Gasteiger partial charge in [-0.1, -0.05) is 12.1 Å². The van der Waals surface area contributed by atoms with E-state index in [1.807, 2.05) is 0 Å². The zero-order valence-electron chi connectivity index (χ0n) is 19.8. The Morgan fingerprint density at radius 2 is 1.49 bits per heavy atom. The Labute approximate surface area is 209 Å². The number of aromatic nitrogens is 3. The molecular formula is C25H20N6O6. The van der Waals surface area contributed by atoms with E-state index < -0.39 is 21.2 Å². The second kappa shape index (κ2) is 10.2. The number of non-ortho nitro benzene ring substituents is 2. The van der Waals surface area contributed by atoms with Crippen LogP contribution in [0.25, 0.3) is 11.3 Å². The Morgan fingerprint density at radius 1 is 0.946 bits per heavy atom. The average molecular weight is 500 g/mol. The number of rotatable bonds is 8. The summed E-state index contributed by atoms with van der Waals surface area (Å²) in [6, 6.07) is 14.2. The highest BCUT2D eigenvalue weighted by molar-refractivity contribution is 6.06. The minimum absolute atomic E-state index is 0.0427. The molecule has 4 rings (SSSR count). The van der Waals surface area contributed by atoms with Crippen molar-refractivity contribution < 1.29 is 14.6 Å². The van der Waals surface area contributed by atoms with Crippen molar-refractivity contribution >= 4 is 34.2 Å². The number of nitro benzene ring substituents is 2. The van der Waals surface area contributed by atoms with E-state index in [-0.39, 0.29) is 46.2 Å². The first-order valence-electron chi connectivity index (χ1n) is 11.1. The van der Waals surface area contributed by atoms with Gasteiger partial charge in [0.2, 0.25) is 0 Å². The molecule has 2 heterocycles. The molecule has 0 atom stereocenters. The van der Waals surface area contributed by atoms with Crippen molar-refractivity contribution in [2.75, 3.05) is 4.90 Å². The number of ketones is 1. The zero-order chi connectivity index (χ0) is 26.7. The lowest BCUT2D eigenvalue weighted by molar-refractivity contribution is -0.384. The summed E-state index contributed by atoms with van der Waals surface area (Å²) in [6.45, 7) is 3.13. The van der Waals surface area contributed by atoms with E-state index in [1.54, 1.807) is 19.1 Å². The van der Waals surface area contributed by atoms with Gasteiger partial charge >= 0.3 is 0 Å². The molecule has 0 spiro atoms. The zero-order valence-corrected chi connectivity index (χ0v) is 19.8. The lowest BCUT2D eigenvalue weighted by Gasteiger charge is -2.27. The minimum Gasteiger partial charge on any atom is -0.304 e. The Balaban J connectivity index is 2.16. The molecule has 4 aromatic rings. The van der Waals surface area contributed by atoms with Gasteiger partial charge in [0, 0.05) is 48.8 Å². The maximum Gasteiger partial charge on any atom is 0.291 e. The van der Waals surface area contributed by atoms with Gasteiger partial charge in [-0.25, -0.2) is 4.68 Å². The van der Waals surface area contributed by atoms with Crippen LogP contribution in [0.15, 0.2) is 77.9 Å². The number of pyridine rings is 1. The van der Waals surface area contributed by atoms with Gasteiger partial charge in [0.1, 0.15) is 11.4 Å². The van der Waals surface area contributed by atoms with Gasteiger partial charge in [0.05, 0.1) is 26.8 Å². The van der Waals surface area contributed by atoms with E-state index in [9.17, 15) is 29.8 Å². The van der Waals surface area contributed by atoms with Crippen LogP contribution in [0.1, 0.15) is 24.2 Å². The van der Waals surface area contributed by atoms with Gasteiger partial charge in [0.15, 0.2) is 5.78 Å². The standard InChI is InChI=1S/C25H20N6O6/c1-3-28-25(33)24(22(16(2)32)23(27-28)17-10-12-26-13-11-17)29(18-6-4-8-20(14-18)30(34)35)19-7-5-9-21(15-19)31(36)37/h4-15H,3H2,1-2H3. The van der Waals surface area contributed by atoms with Crippen molar-refractivity contribution in [3.63, 3.8) is 0 Å². The van der Waals surface area contributed by atoms with Crippen LogP contribution in [0.3, 0.4) is 0 Å². The molecule has 0 aliphatic heterocycles. The summed E-state index contributed by atoms with van der Waals surface area (Å²) in [4.78, 5) is 54.0. The molecule has 0 N–H and O–H groups in total. The Bertz CT molecular complexity index is 1530. The number of anilines is 3. The first-order chi connectivity index (χ1) is 17.7. The molecule has 2 aromatic carbocycles. The number of hydrogen-bond acceptors (Lipinski definition) is 9. The van der Waals surface area contributed by atoms with Crippen LogP contribution >= 0.6 is 0 Å². The van der Waals surface area contributed by atoms with Gasteiger partial charge in [0.25, 0.3) is 16.9 Å². The molecule has 12 nitrogen and oxygen atoms in total. The van der Waals surface area contributed by atoms with Gasteiger partial charge in [-0.3, -0.25) is 34.8 Å². The molecule has 0 radical (unpaired) electrons. The van der Waals surface area contributed by atoms with Crippen molar-refractivity contribution in [1.29, 1.82) is 0 Å². The molecule has 0 bridgehead atoms. The van der Waals surface area contributed by atoms with Crippen molar-refractivity contribution in [1.82, 2.24) is 14.8 Å². The number of carbonyl (C=O) groups is 1. The second-order valence-electron chi connectivity index (χ2n) is 7.87. The molecule has 37 heavy (non-hydrogen) atoms. The summed E-state index contributed by atoms with van der Waals surface area (Å²) < 4.78 is 1.17. The fourth-order valence-corrected chi connectivity index (χ4v) is 3.92. The van der Waals surface area contributed by atoms with Crippen LogP contribution in [0.2, 0.25) is 0 Å². The van der Waals surface area contributed by atoms with E-state index in [0.29, 0.717) is 5.56 Å². The molecule has 0 saturated heterocycles. The highest BCUT2D eigenvalue weighted by atomic mass is 16.6. The Hall–Kier alpha value is -5.26. The van der Waals surface area contributed by atoms with Crippen LogP contribution in [-0.2, 0) is 6.54 Å². The van der Waals surface area contributed by atoms with Gasteiger partial charge in [-0.15, -0.1) is 0 Å². The normalized spacial score (nSPS) is 10.6. The number of benzene rings is 2. The first-order valence-corrected chi connectivity index (χ1v) is 11.1. The smallest absolute Gasteiger partial charge is 0.291 e. The maximum absolute atomic E-state index is 13.8. The molecule has 0 fully saturated rings. The van der Waals surface area contributed by atoms with E-state index in [2.05, 4.69) is 10.1 Å². The highest BCUT2D eigenvalue weighted by Gasteiger charge is 2.29. The van der Waals surface area contributed by atoms with Crippen molar-refractivity contribution in [3.05, 3.63) is 109 Å². The number of carbonyl (C=O) groups excluding carboxylic acids is 1. The molecule has 0 aliphatic rings. The van der Waals surface area contributed by atoms with Crippen molar-refractivity contribution in [2.45, 2.75) is 20.4 Å². The van der Waals surface area contributed by atoms with Crippen LogP contribution in [-0.4, -0.2) is 30.4 Å². The second-order valence-corrected chi connectivity index (χ2v) is 7.87. The fourth-order valence-electron chi connectivity index (χ4n) is 3.92. The summed E-state index contributed by atoms with van der Waals surface area (Å²) in [6.07, 6.45) is 3.03. The fraction of sp³-hybridized carbons (Fsp3) is 0.120. The van der Waals surface area contributed by atoms with Gasteiger partial charge in [-0.05, 0) is 38.1 Å². The quantitative estimate of drug-likeness (QED) is 0.188.